The van der Waals surface area contributed by atoms with E-state index in [1.165, 1.54) is 95.9 Å². The monoisotopic (exact) mass is 737 g/mol. The maximum absolute atomic E-state index is 2.53. The van der Waals surface area contributed by atoms with Crippen LogP contribution >= 0.6 is 22.7 Å². The summed E-state index contributed by atoms with van der Waals surface area (Å²) in [6.07, 6.45) is 9.21. The van der Waals surface area contributed by atoms with E-state index in [-0.39, 0.29) is 0 Å². The summed E-state index contributed by atoms with van der Waals surface area (Å²) in [5, 5.41) is 7.69. The molecule has 1 aliphatic carbocycles. The Balaban J connectivity index is 1.17. The van der Waals surface area contributed by atoms with Gasteiger partial charge < -0.3 is 4.90 Å². The Hall–Kier alpha value is -6.26. The van der Waals surface area contributed by atoms with Crippen LogP contribution in [0.4, 0.5) is 17.1 Å². The number of anilines is 3. The third-order valence-electron chi connectivity index (χ3n) is 11.1. The number of hydrogen-bond donors (Lipinski definition) is 0. The Morgan fingerprint density at radius 1 is 0.436 bits per heavy atom. The van der Waals surface area contributed by atoms with Crippen LogP contribution in [-0.2, 0) is 0 Å². The van der Waals surface area contributed by atoms with Crippen molar-refractivity contribution >= 4 is 96.4 Å². The number of benzene rings is 8. The molecule has 0 unspecified atom stereocenters. The summed E-state index contributed by atoms with van der Waals surface area (Å²) in [6, 6.07) is 62.7. The van der Waals surface area contributed by atoms with Gasteiger partial charge in [-0.15, -0.1) is 22.7 Å². The normalized spacial score (nSPS) is 13.0. The SMILES string of the molecule is C1=CC(c2cccc3c2sc2cccc(N(c4ccc(-c5ccc6ccccc6c5)cc4)c4ccc(-c5ccccc5)c5sc6ccccc6c45)c23)=CCC1. The zero-order chi connectivity index (χ0) is 36.3. The molecule has 2 heterocycles. The molecule has 260 valence electrons. The second-order valence-electron chi connectivity index (χ2n) is 14.3. The number of thiophene rings is 2. The second-order valence-corrected chi connectivity index (χ2v) is 16.4. The molecule has 0 N–H and O–H groups in total. The van der Waals surface area contributed by atoms with E-state index in [9.17, 15) is 0 Å². The Labute approximate surface area is 328 Å². The van der Waals surface area contributed by atoms with Gasteiger partial charge in [-0.25, -0.2) is 0 Å². The second kappa shape index (κ2) is 13.2. The van der Waals surface area contributed by atoms with Crippen LogP contribution in [0.25, 0.3) is 78.9 Å². The van der Waals surface area contributed by atoms with E-state index in [0.29, 0.717) is 0 Å². The maximum atomic E-state index is 2.53. The summed E-state index contributed by atoms with van der Waals surface area (Å²) in [6.45, 7) is 0. The van der Waals surface area contributed by atoms with Gasteiger partial charge in [0, 0.05) is 46.0 Å². The van der Waals surface area contributed by atoms with Crippen LogP contribution in [-0.4, -0.2) is 0 Å². The zero-order valence-electron chi connectivity index (χ0n) is 30.1. The van der Waals surface area contributed by atoms with Crippen molar-refractivity contribution < 1.29 is 0 Å². The molecule has 0 bridgehead atoms. The lowest BCUT2D eigenvalue weighted by Gasteiger charge is -2.28. The molecular weight excluding hydrogens is 703 g/mol. The first-order valence-corrected chi connectivity index (χ1v) is 20.6. The first kappa shape index (κ1) is 32.2. The van der Waals surface area contributed by atoms with Crippen LogP contribution < -0.4 is 4.90 Å². The van der Waals surface area contributed by atoms with Gasteiger partial charge in [-0.1, -0.05) is 146 Å². The number of hydrogen-bond acceptors (Lipinski definition) is 3. The molecule has 0 spiro atoms. The van der Waals surface area contributed by atoms with Crippen molar-refractivity contribution in [1.82, 2.24) is 0 Å². The molecule has 3 heteroatoms. The summed E-state index contributed by atoms with van der Waals surface area (Å²) in [5.41, 5.74) is 11.1. The van der Waals surface area contributed by atoms with Gasteiger partial charge in [0.25, 0.3) is 0 Å². The molecule has 0 saturated heterocycles. The Bertz CT molecular complexity index is 3140. The van der Waals surface area contributed by atoms with Crippen molar-refractivity contribution in [3.05, 3.63) is 194 Å². The largest absolute Gasteiger partial charge is 0.309 e. The Kier molecular flexibility index (Phi) is 7.75. The highest BCUT2D eigenvalue weighted by molar-refractivity contribution is 7.26. The number of allylic oxidation sites excluding steroid dienone is 4. The molecule has 0 radical (unpaired) electrons. The van der Waals surface area contributed by atoms with E-state index in [0.717, 1.165) is 18.5 Å². The highest BCUT2D eigenvalue weighted by Crippen LogP contribution is 2.51. The summed E-state index contributed by atoms with van der Waals surface area (Å²) in [7, 11) is 0. The topological polar surface area (TPSA) is 3.24 Å². The van der Waals surface area contributed by atoms with Crippen LogP contribution in [0.15, 0.2) is 188 Å². The summed E-state index contributed by atoms with van der Waals surface area (Å²) < 4.78 is 5.25. The number of rotatable bonds is 6. The van der Waals surface area contributed by atoms with Gasteiger partial charge in [0.1, 0.15) is 0 Å². The number of fused-ring (bicyclic) bond motifs is 7. The summed E-state index contributed by atoms with van der Waals surface area (Å²) >= 11 is 3.81. The number of nitrogens with zero attached hydrogens (tertiary/aromatic N) is 1. The molecule has 0 amide bonds. The first-order chi connectivity index (χ1) is 27.3. The van der Waals surface area contributed by atoms with Crippen LogP contribution in [0.1, 0.15) is 18.4 Å². The van der Waals surface area contributed by atoms with E-state index in [1.807, 2.05) is 22.7 Å². The molecule has 55 heavy (non-hydrogen) atoms. The van der Waals surface area contributed by atoms with Gasteiger partial charge in [-0.05, 0) is 99.5 Å². The molecule has 0 atom stereocenters. The molecule has 8 aromatic carbocycles. The van der Waals surface area contributed by atoms with Gasteiger partial charge in [0.2, 0.25) is 0 Å². The minimum Gasteiger partial charge on any atom is -0.309 e. The quantitative estimate of drug-likeness (QED) is 0.164. The minimum atomic E-state index is 1.09. The Morgan fingerprint density at radius 2 is 1.16 bits per heavy atom. The average Bonchev–Trinajstić information content (AvgIpc) is 3.84. The lowest BCUT2D eigenvalue weighted by molar-refractivity contribution is 1.04. The summed E-state index contributed by atoms with van der Waals surface area (Å²) in [4.78, 5) is 2.53. The highest BCUT2D eigenvalue weighted by atomic mass is 32.1. The summed E-state index contributed by atoms with van der Waals surface area (Å²) in [5.74, 6) is 0. The molecule has 0 saturated carbocycles. The van der Waals surface area contributed by atoms with Crippen LogP contribution in [0.3, 0.4) is 0 Å². The van der Waals surface area contributed by atoms with Crippen molar-refractivity contribution in [3.8, 4) is 22.3 Å². The van der Waals surface area contributed by atoms with Gasteiger partial charge >= 0.3 is 0 Å². The Morgan fingerprint density at radius 3 is 2.04 bits per heavy atom. The third kappa shape index (κ3) is 5.42. The van der Waals surface area contributed by atoms with Gasteiger partial charge in [0.15, 0.2) is 0 Å². The molecule has 0 aliphatic heterocycles. The minimum absolute atomic E-state index is 1.09. The maximum Gasteiger partial charge on any atom is 0.0555 e. The molecule has 2 aromatic heterocycles. The van der Waals surface area contributed by atoms with Gasteiger partial charge in [0.05, 0.1) is 11.4 Å². The van der Waals surface area contributed by atoms with Crippen molar-refractivity contribution in [3.63, 3.8) is 0 Å². The van der Waals surface area contributed by atoms with Crippen molar-refractivity contribution in [2.24, 2.45) is 0 Å². The van der Waals surface area contributed by atoms with E-state index in [1.54, 1.807) is 0 Å². The van der Waals surface area contributed by atoms with Crippen LogP contribution in [0, 0.1) is 0 Å². The van der Waals surface area contributed by atoms with Gasteiger partial charge in [-0.3, -0.25) is 0 Å². The molecule has 1 aliphatic rings. The van der Waals surface area contributed by atoms with E-state index >= 15 is 0 Å². The van der Waals surface area contributed by atoms with Crippen molar-refractivity contribution in [2.75, 3.05) is 4.90 Å². The fraction of sp³-hybridized carbons (Fsp3) is 0.0385. The first-order valence-electron chi connectivity index (χ1n) is 19.0. The fourth-order valence-electron chi connectivity index (χ4n) is 8.48. The average molecular weight is 738 g/mol. The standard InChI is InChI=1S/C52H35NS2/c1-3-14-36(15-4-1)41-20-11-21-44-49-45(22-12-24-48(49)55-51(41)44)53(40-29-27-35(28-30-40)39-26-25-34-13-7-8-18-38(34)33-39)46-32-31-42(37-16-5-2-6-17-37)52-50(46)43-19-9-10-23-47(43)54-52/h2-3,5-33H,1,4H2. The van der Waals surface area contributed by atoms with E-state index in [4.69, 9.17) is 0 Å². The third-order valence-corrected chi connectivity index (χ3v) is 13.5. The smallest absolute Gasteiger partial charge is 0.0555 e. The highest BCUT2D eigenvalue weighted by Gasteiger charge is 2.24. The fourth-order valence-corrected chi connectivity index (χ4v) is 11.0. The molecular formula is C52H35NS2. The van der Waals surface area contributed by atoms with Crippen LogP contribution in [0.2, 0.25) is 0 Å². The molecule has 10 aromatic rings. The lowest BCUT2D eigenvalue weighted by atomic mass is 9.97. The van der Waals surface area contributed by atoms with E-state index < -0.39 is 0 Å². The van der Waals surface area contributed by atoms with E-state index in [2.05, 4.69) is 193 Å². The molecule has 11 rings (SSSR count). The zero-order valence-corrected chi connectivity index (χ0v) is 31.7. The van der Waals surface area contributed by atoms with Gasteiger partial charge in [-0.2, -0.15) is 0 Å². The van der Waals surface area contributed by atoms with Crippen molar-refractivity contribution in [1.29, 1.82) is 0 Å². The lowest BCUT2D eigenvalue weighted by Crippen LogP contribution is -2.11. The predicted octanol–water partition coefficient (Wildman–Crippen LogP) is 16.1. The molecule has 1 nitrogen and oxygen atoms in total. The van der Waals surface area contributed by atoms with Crippen LogP contribution in [0.5, 0.6) is 0 Å². The predicted molar refractivity (Wildman–Crippen MR) is 242 cm³/mol. The molecule has 0 fully saturated rings. The van der Waals surface area contributed by atoms with Crippen molar-refractivity contribution in [2.45, 2.75) is 12.8 Å².